The maximum absolute atomic E-state index is 11.1. The summed E-state index contributed by atoms with van der Waals surface area (Å²) in [6.07, 6.45) is 0.719. The number of β-amino-alcohol motifs (C(OH)–C–C–N with tert-alkyl or cyclic N) is 1. The lowest BCUT2D eigenvalue weighted by molar-refractivity contribution is -0.114. The van der Waals surface area contributed by atoms with Crippen molar-refractivity contribution in [3.8, 4) is 0 Å². The van der Waals surface area contributed by atoms with Gasteiger partial charge in [-0.15, -0.1) is 0 Å². The molecule has 0 spiro atoms. The molecule has 5 heteroatoms. The van der Waals surface area contributed by atoms with E-state index in [-0.39, 0.29) is 5.91 Å². The molecule has 3 N–H and O–H groups in total. The summed E-state index contributed by atoms with van der Waals surface area (Å²) in [4.78, 5) is 13.3. The normalized spacial score (nSPS) is 18.1. The molecule has 1 aliphatic heterocycles. The monoisotopic (exact) mass is 368 g/mol. The van der Waals surface area contributed by atoms with Gasteiger partial charge >= 0.3 is 0 Å². The van der Waals surface area contributed by atoms with Gasteiger partial charge in [-0.3, -0.25) is 4.79 Å². The molecule has 0 unspecified atom stereocenters. The van der Waals surface area contributed by atoms with Gasteiger partial charge in [0.1, 0.15) is 0 Å². The van der Waals surface area contributed by atoms with Gasteiger partial charge in [0.05, 0.1) is 11.7 Å². The second kappa shape index (κ2) is 8.21. The van der Waals surface area contributed by atoms with Crippen LogP contribution in [0.15, 0.2) is 48.5 Å². The Bertz CT molecular complexity index is 780. The molecule has 1 atom stereocenters. The second-order valence-electron chi connectivity index (χ2n) is 7.52. The van der Waals surface area contributed by atoms with Crippen molar-refractivity contribution in [3.63, 3.8) is 0 Å². The predicted octanol–water partition coefficient (Wildman–Crippen LogP) is 2.97. The number of nitrogens with zero attached hydrogens (tertiary/aromatic N) is 1. The van der Waals surface area contributed by atoms with Crippen LogP contribution in [0.1, 0.15) is 42.6 Å². The molecule has 1 heterocycles. The number of likely N-dealkylation sites (tertiary alicyclic amines) is 1. The second-order valence-corrected chi connectivity index (χ2v) is 7.52. The summed E-state index contributed by atoms with van der Waals surface area (Å²) in [7, 11) is 0. The first kappa shape index (κ1) is 19.5. The number of aliphatic hydroxyl groups excluding tert-OH is 1. The molecule has 3 rings (SSSR count). The van der Waals surface area contributed by atoms with Crippen molar-refractivity contribution in [1.82, 2.24) is 4.90 Å². The number of carbonyl (C=O) groups is 1. The molecule has 1 saturated heterocycles. The average molecular weight is 368 g/mol. The summed E-state index contributed by atoms with van der Waals surface area (Å²) >= 11 is 0. The lowest BCUT2D eigenvalue weighted by Gasteiger charge is -2.39. The fraction of sp³-hybridized carbons (Fsp3) is 0.409. The van der Waals surface area contributed by atoms with Crippen LogP contribution in [0.3, 0.4) is 0 Å². The van der Waals surface area contributed by atoms with Crippen LogP contribution < -0.4 is 5.32 Å². The minimum absolute atomic E-state index is 0.113. The number of piperidine rings is 1. The van der Waals surface area contributed by atoms with Gasteiger partial charge < -0.3 is 20.4 Å². The average Bonchev–Trinajstić information content (AvgIpc) is 2.64. The molecule has 27 heavy (non-hydrogen) atoms. The molecule has 144 valence electrons. The van der Waals surface area contributed by atoms with Crippen LogP contribution in [0.2, 0.25) is 0 Å². The summed E-state index contributed by atoms with van der Waals surface area (Å²) < 4.78 is 0. The maximum atomic E-state index is 11.1. The summed E-state index contributed by atoms with van der Waals surface area (Å²) in [5.41, 5.74) is 2.90. The predicted molar refractivity (Wildman–Crippen MR) is 106 cm³/mol. The Hall–Kier alpha value is -2.21. The highest BCUT2D eigenvalue weighted by molar-refractivity contribution is 5.88. The van der Waals surface area contributed by atoms with Crippen LogP contribution in [0.5, 0.6) is 0 Å². The number of aryl methyl sites for hydroxylation is 1. The molecule has 0 saturated carbocycles. The van der Waals surface area contributed by atoms with E-state index in [0.717, 1.165) is 35.5 Å². The van der Waals surface area contributed by atoms with Gasteiger partial charge in [-0.05, 0) is 43.0 Å². The third kappa shape index (κ3) is 4.95. The van der Waals surface area contributed by atoms with Crippen LogP contribution in [-0.2, 0) is 10.4 Å². The van der Waals surface area contributed by atoms with E-state index in [1.165, 1.54) is 6.92 Å². The number of benzene rings is 2. The number of anilines is 1. The highest BCUT2D eigenvalue weighted by Gasteiger charge is 2.34. The third-order valence-corrected chi connectivity index (χ3v) is 5.29. The van der Waals surface area contributed by atoms with E-state index >= 15 is 0 Å². The molecule has 1 fully saturated rings. The zero-order valence-electron chi connectivity index (χ0n) is 16.0. The molecule has 2 aromatic rings. The minimum Gasteiger partial charge on any atom is -0.387 e. The molecule has 0 radical (unpaired) electrons. The van der Waals surface area contributed by atoms with Crippen LogP contribution in [0, 0.1) is 6.92 Å². The summed E-state index contributed by atoms with van der Waals surface area (Å²) in [6.45, 7) is 5.52. The number of amides is 1. The number of rotatable bonds is 5. The van der Waals surface area contributed by atoms with Gasteiger partial charge in [0.2, 0.25) is 5.91 Å². The van der Waals surface area contributed by atoms with E-state index in [4.69, 9.17) is 0 Å². The first-order chi connectivity index (χ1) is 12.9. The van der Waals surface area contributed by atoms with Crippen molar-refractivity contribution in [3.05, 3.63) is 65.2 Å². The molecular formula is C22H28N2O3. The number of hydrogen-bond acceptors (Lipinski definition) is 4. The Kier molecular flexibility index (Phi) is 5.95. The Balaban J connectivity index is 1.56. The van der Waals surface area contributed by atoms with Crippen LogP contribution in [0.4, 0.5) is 5.69 Å². The molecule has 1 amide bonds. The number of nitrogens with one attached hydrogen (secondary N) is 1. The van der Waals surface area contributed by atoms with Gasteiger partial charge in [0.15, 0.2) is 0 Å². The lowest BCUT2D eigenvalue weighted by atomic mass is 9.84. The molecule has 0 bridgehead atoms. The van der Waals surface area contributed by atoms with Crippen LogP contribution in [0.25, 0.3) is 0 Å². The van der Waals surface area contributed by atoms with E-state index in [0.29, 0.717) is 19.4 Å². The summed E-state index contributed by atoms with van der Waals surface area (Å²) in [5.74, 6) is -0.113. The Morgan fingerprint density at radius 1 is 1.19 bits per heavy atom. The van der Waals surface area contributed by atoms with E-state index in [1.54, 1.807) is 12.1 Å². The molecule has 0 aromatic heterocycles. The number of hydrogen-bond donors (Lipinski definition) is 3. The first-order valence-electron chi connectivity index (χ1n) is 9.43. The fourth-order valence-electron chi connectivity index (χ4n) is 3.67. The SMILES string of the molecule is CC(=O)Nc1ccc([C@H](O)CN2CCC(O)(c3cccc(C)c3)CC2)cc1. The maximum Gasteiger partial charge on any atom is 0.221 e. The van der Waals surface area contributed by atoms with Gasteiger partial charge in [0, 0.05) is 32.2 Å². The van der Waals surface area contributed by atoms with Gasteiger partial charge in [-0.1, -0.05) is 42.0 Å². The summed E-state index contributed by atoms with van der Waals surface area (Å²) in [5, 5.41) is 24.3. The van der Waals surface area contributed by atoms with E-state index < -0.39 is 11.7 Å². The van der Waals surface area contributed by atoms with E-state index in [2.05, 4.69) is 16.3 Å². The highest BCUT2D eigenvalue weighted by Crippen LogP contribution is 2.33. The number of carbonyl (C=O) groups excluding carboxylic acids is 1. The Morgan fingerprint density at radius 3 is 2.44 bits per heavy atom. The zero-order chi connectivity index (χ0) is 19.4. The molecule has 2 aromatic carbocycles. The van der Waals surface area contributed by atoms with Crippen molar-refractivity contribution in [1.29, 1.82) is 0 Å². The van der Waals surface area contributed by atoms with Crippen molar-refractivity contribution in [2.45, 2.75) is 38.4 Å². The van der Waals surface area contributed by atoms with Gasteiger partial charge in [-0.25, -0.2) is 0 Å². The van der Waals surface area contributed by atoms with Crippen LogP contribution >= 0.6 is 0 Å². The number of aliphatic hydroxyl groups is 2. The topological polar surface area (TPSA) is 72.8 Å². The van der Waals surface area contributed by atoms with Crippen molar-refractivity contribution in [2.75, 3.05) is 25.0 Å². The molecule has 1 aliphatic rings. The van der Waals surface area contributed by atoms with Gasteiger partial charge in [-0.2, -0.15) is 0 Å². The largest absolute Gasteiger partial charge is 0.387 e. The van der Waals surface area contributed by atoms with Crippen molar-refractivity contribution in [2.24, 2.45) is 0 Å². The van der Waals surface area contributed by atoms with E-state index in [9.17, 15) is 15.0 Å². The van der Waals surface area contributed by atoms with Crippen molar-refractivity contribution >= 4 is 11.6 Å². The zero-order valence-corrected chi connectivity index (χ0v) is 16.0. The van der Waals surface area contributed by atoms with Crippen molar-refractivity contribution < 1.29 is 15.0 Å². The van der Waals surface area contributed by atoms with Crippen LogP contribution in [-0.4, -0.2) is 40.7 Å². The molecule has 0 aliphatic carbocycles. The quantitative estimate of drug-likeness (QED) is 0.759. The van der Waals surface area contributed by atoms with Gasteiger partial charge in [0.25, 0.3) is 0 Å². The standard InChI is InChI=1S/C22H28N2O3/c1-16-4-3-5-19(14-16)22(27)10-12-24(13-11-22)15-21(26)18-6-8-20(9-7-18)23-17(2)25/h3-9,14,21,26-27H,10-13,15H2,1-2H3,(H,23,25)/t21-/m1/s1. The molecular weight excluding hydrogens is 340 g/mol. The fourth-order valence-corrected chi connectivity index (χ4v) is 3.67. The Labute approximate surface area is 160 Å². The minimum atomic E-state index is -0.784. The third-order valence-electron chi connectivity index (χ3n) is 5.29. The molecule has 5 nitrogen and oxygen atoms in total. The first-order valence-corrected chi connectivity index (χ1v) is 9.43. The smallest absolute Gasteiger partial charge is 0.221 e. The highest BCUT2D eigenvalue weighted by atomic mass is 16.3. The summed E-state index contributed by atoms with van der Waals surface area (Å²) in [6, 6.07) is 15.3. The lowest BCUT2D eigenvalue weighted by Crippen LogP contribution is -2.44. The Morgan fingerprint density at radius 2 is 1.85 bits per heavy atom. The van der Waals surface area contributed by atoms with E-state index in [1.807, 2.05) is 37.3 Å².